The number of aliphatic hydroxyl groups is 1. The van der Waals surface area contributed by atoms with Crippen molar-refractivity contribution in [2.45, 2.75) is 26.3 Å². The minimum Gasteiger partial charge on any atom is -0.480 e. The molecule has 0 aliphatic carbocycles. The first kappa shape index (κ1) is 14.2. The molecule has 0 spiro atoms. The fourth-order valence-electron chi connectivity index (χ4n) is 1.62. The minimum atomic E-state index is -1.15. The number of aryl methyl sites for hydroxylation is 1. The molecule has 1 atom stereocenters. The van der Waals surface area contributed by atoms with Crippen molar-refractivity contribution in [1.29, 1.82) is 0 Å². The summed E-state index contributed by atoms with van der Waals surface area (Å²) in [6.07, 6.45) is -0.00800. The van der Waals surface area contributed by atoms with Crippen LogP contribution in [0, 0.1) is 13.8 Å². The molecule has 1 aromatic carbocycles. The zero-order valence-corrected chi connectivity index (χ0v) is 10.4. The first-order valence-electron chi connectivity index (χ1n) is 5.68. The van der Waals surface area contributed by atoms with Crippen LogP contribution in [0.25, 0.3) is 0 Å². The number of aliphatic hydroxyl groups excluding tert-OH is 1. The van der Waals surface area contributed by atoms with E-state index >= 15 is 0 Å². The average molecular weight is 251 g/mol. The zero-order valence-electron chi connectivity index (χ0n) is 10.4. The molecule has 0 unspecified atom stereocenters. The predicted molar refractivity (Wildman–Crippen MR) is 66.5 cm³/mol. The maximum absolute atomic E-state index is 12.0. The molecule has 0 saturated carbocycles. The van der Waals surface area contributed by atoms with Crippen LogP contribution in [0.5, 0.6) is 0 Å². The average Bonchev–Trinajstić information content (AvgIpc) is 2.31. The van der Waals surface area contributed by atoms with Gasteiger partial charge < -0.3 is 15.5 Å². The highest BCUT2D eigenvalue weighted by Crippen LogP contribution is 2.12. The van der Waals surface area contributed by atoms with Gasteiger partial charge in [-0.3, -0.25) is 4.79 Å². The Bertz CT molecular complexity index is 456. The number of aliphatic carboxylic acids is 1. The number of amides is 1. The van der Waals surface area contributed by atoms with Crippen LogP contribution in [-0.2, 0) is 4.79 Å². The fourth-order valence-corrected chi connectivity index (χ4v) is 1.62. The molecule has 0 radical (unpaired) electrons. The van der Waals surface area contributed by atoms with Gasteiger partial charge in [-0.15, -0.1) is 0 Å². The molecule has 0 fully saturated rings. The molecule has 5 nitrogen and oxygen atoms in total. The molecule has 1 aromatic rings. The molecule has 0 aromatic heterocycles. The maximum Gasteiger partial charge on any atom is 0.326 e. The molecule has 0 bridgehead atoms. The summed E-state index contributed by atoms with van der Waals surface area (Å²) >= 11 is 0. The van der Waals surface area contributed by atoms with E-state index in [1.165, 1.54) is 0 Å². The second kappa shape index (κ2) is 6.16. The van der Waals surface area contributed by atoms with Gasteiger partial charge in [0.15, 0.2) is 0 Å². The first-order chi connectivity index (χ1) is 8.47. The first-order valence-corrected chi connectivity index (χ1v) is 5.68. The Kier molecular flexibility index (Phi) is 4.85. The Balaban J connectivity index is 2.87. The van der Waals surface area contributed by atoms with Gasteiger partial charge in [-0.05, 0) is 31.0 Å². The molecular weight excluding hydrogens is 234 g/mol. The summed E-state index contributed by atoms with van der Waals surface area (Å²) in [5, 5.41) is 20.1. The third-order valence-electron chi connectivity index (χ3n) is 2.87. The van der Waals surface area contributed by atoms with Crippen LogP contribution in [0.2, 0.25) is 0 Å². The van der Waals surface area contributed by atoms with Crippen LogP contribution in [-0.4, -0.2) is 34.7 Å². The summed E-state index contributed by atoms with van der Waals surface area (Å²) in [5.74, 6) is -1.58. The van der Waals surface area contributed by atoms with Crippen LogP contribution in [0.3, 0.4) is 0 Å². The molecule has 0 aliphatic heterocycles. The smallest absolute Gasteiger partial charge is 0.326 e. The van der Waals surface area contributed by atoms with Gasteiger partial charge in [0.05, 0.1) is 0 Å². The van der Waals surface area contributed by atoms with Crippen molar-refractivity contribution in [3.05, 3.63) is 34.9 Å². The summed E-state index contributed by atoms with van der Waals surface area (Å²) in [7, 11) is 0. The topological polar surface area (TPSA) is 86.6 Å². The third-order valence-corrected chi connectivity index (χ3v) is 2.87. The van der Waals surface area contributed by atoms with E-state index in [0.29, 0.717) is 5.56 Å². The predicted octanol–water partition coefficient (Wildman–Crippen LogP) is 0.869. The highest BCUT2D eigenvalue weighted by molar-refractivity contribution is 5.98. The summed E-state index contributed by atoms with van der Waals surface area (Å²) in [5.41, 5.74) is 2.25. The van der Waals surface area contributed by atoms with Gasteiger partial charge in [0.1, 0.15) is 6.04 Å². The minimum absolute atomic E-state index is 0.00800. The molecule has 1 rings (SSSR count). The number of rotatable bonds is 5. The van der Waals surface area contributed by atoms with Gasteiger partial charge in [-0.1, -0.05) is 12.1 Å². The number of benzene rings is 1. The quantitative estimate of drug-likeness (QED) is 0.724. The molecule has 0 saturated heterocycles. The highest BCUT2D eigenvalue weighted by Gasteiger charge is 2.20. The van der Waals surface area contributed by atoms with Crippen LogP contribution < -0.4 is 5.32 Å². The molecule has 18 heavy (non-hydrogen) atoms. The lowest BCUT2D eigenvalue weighted by Crippen LogP contribution is -2.41. The van der Waals surface area contributed by atoms with Gasteiger partial charge in [0.25, 0.3) is 5.91 Å². The lowest BCUT2D eigenvalue weighted by atomic mass is 10.0. The normalized spacial score (nSPS) is 11.9. The molecule has 0 heterocycles. The molecular formula is C13H17NO4. The second-order valence-electron chi connectivity index (χ2n) is 4.12. The highest BCUT2D eigenvalue weighted by atomic mass is 16.4. The number of carboxylic acid groups (broad SMARTS) is 1. The summed E-state index contributed by atoms with van der Waals surface area (Å²) in [6.45, 7) is 3.41. The Morgan fingerprint density at radius 1 is 1.33 bits per heavy atom. The standard InChI is InChI=1S/C13H17NO4/c1-8-4-3-5-10(9(8)2)12(16)14-11(6-7-15)13(17)18/h3-5,11,15H,6-7H2,1-2H3,(H,14,16)(H,17,18)/t11-/m1/s1. The van der Waals surface area contributed by atoms with Gasteiger partial charge in [-0.2, -0.15) is 0 Å². The monoisotopic (exact) mass is 251 g/mol. The van der Waals surface area contributed by atoms with Gasteiger partial charge >= 0.3 is 5.97 Å². The molecule has 98 valence electrons. The van der Waals surface area contributed by atoms with E-state index in [4.69, 9.17) is 10.2 Å². The van der Waals surface area contributed by atoms with E-state index < -0.39 is 17.9 Å². The van der Waals surface area contributed by atoms with E-state index in [2.05, 4.69) is 5.32 Å². The molecule has 1 amide bonds. The van der Waals surface area contributed by atoms with Crippen LogP contribution in [0.15, 0.2) is 18.2 Å². The SMILES string of the molecule is Cc1cccc(C(=O)N[C@H](CCO)C(=O)O)c1C. The number of nitrogens with one attached hydrogen (secondary N) is 1. The van der Waals surface area contributed by atoms with Crippen molar-refractivity contribution < 1.29 is 19.8 Å². The van der Waals surface area contributed by atoms with Crippen molar-refractivity contribution in [2.75, 3.05) is 6.61 Å². The van der Waals surface area contributed by atoms with Crippen LogP contribution in [0.4, 0.5) is 0 Å². The Hall–Kier alpha value is -1.88. The summed E-state index contributed by atoms with van der Waals surface area (Å²) < 4.78 is 0. The van der Waals surface area contributed by atoms with Gasteiger partial charge in [0, 0.05) is 18.6 Å². The maximum atomic E-state index is 12.0. The number of carbonyl (C=O) groups excluding carboxylic acids is 1. The Labute approximate surface area is 105 Å². The van der Waals surface area contributed by atoms with Gasteiger partial charge in [0.2, 0.25) is 0 Å². The van der Waals surface area contributed by atoms with E-state index in [0.717, 1.165) is 11.1 Å². The third kappa shape index (κ3) is 3.30. The molecule has 3 N–H and O–H groups in total. The van der Waals surface area contributed by atoms with Crippen molar-refractivity contribution in [3.63, 3.8) is 0 Å². The van der Waals surface area contributed by atoms with Crippen LogP contribution >= 0.6 is 0 Å². The van der Waals surface area contributed by atoms with Crippen molar-refractivity contribution in [1.82, 2.24) is 5.32 Å². The van der Waals surface area contributed by atoms with Crippen molar-refractivity contribution >= 4 is 11.9 Å². The van der Waals surface area contributed by atoms with E-state index in [1.807, 2.05) is 19.9 Å². The number of carbonyl (C=O) groups is 2. The van der Waals surface area contributed by atoms with E-state index in [-0.39, 0.29) is 13.0 Å². The Morgan fingerprint density at radius 2 is 2.00 bits per heavy atom. The largest absolute Gasteiger partial charge is 0.480 e. The van der Waals surface area contributed by atoms with Crippen molar-refractivity contribution in [2.24, 2.45) is 0 Å². The lowest BCUT2D eigenvalue weighted by molar-refractivity contribution is -0.139. The molecule has 5 heteroatoms. The van der Waals surface area contributed by atoms with Crippen LogP contribution in [0.1, 0.15) is 27.9 Å². The zero-order chi connectivity index (χ0) is 13.7. The number of hydrogen-bond acceptors (Lipinski definition) is 3. The Morgan fingerprint density at radius 3 is 2.56 bits per heavy atom. The van der Waals surface area contributed by atoms with E-state index in [1.54, 1.807) is 12.1 Å². The van der Waals surface area contributed by atoms with Crippen molar-refractivity contribution in [3.8, 4) is 0 Å². The number of hydrogen-bond donors (Lipinski definition) is 3. The molecule has 0 aliphatic rings. The summed E-state index contributed by atoms with van der Waals surface area (Å²) in [6, 6.07) is 4.21. The second-order valence-corrected chi connectivity index (χ2v) is 4.12. The van der Waals surface area contributed by atoms with E-state index in [9.17, 15) is 9.59 Å². The summed E-state index contributed by atoms with van der Waals surface area (Å²) in [4.78, 5) is 22.8. The van der Waals surface area contributed by atoms with Gasteiger partial charge in [-0.25, -0.2) is 4.79 Å². The fraction of sp³-hybridized carbons (Fsp3) is 0.385. The number of carboxylic acids is 1. The lowest BCUT2D eigenvalue weighted by Gasteiger charge is -2.15.